The third-order valence-corrected chi connectivity index (χ3v) is 5.60. The van der Waals surface area contributed by atoms with Crippen molar-refractivity contribution in [2.24, 2.45) is 5.73 Å². The van der Waals surface area contributed by atoms with Crippen molar-refractivity contribution in [3.05, 3.63) is 0 Å². The summed E-state index contributed by atoms with van der Waals surface area (Å²) in [6.45, 7) is 1.60. The van der Waals surface area contributed by atoms with Crippen LogP contribution in [0.15, 0.2) is 0 Å². The van der Waals surface area contributed by atoms with Crippen LogP contribution >= 0.6 is 0 Å². The lowest BCUT2D eigenvalue weighted by molar-refractivity contribution is -0.133. The maximum atomic E-state index is 12.3. The molecule has 1 heterocycles. The van der Waals surface area contributed by atoms with E-state index in [4.69, 9.17) is 10.5 Å². The van der Waals surface area contributed by atoms with Gasteiger partial charge in [-0.2, -0.15) is 0 Å². The molecule has 1 saturated heterocycles. The largest absolute Gasteiger partial charge is 0.383 e. The molecule has 0 saturated carbocycles. The molecular formula is C14H28N2O4S. The van der Waals surface area contributed by atoms with E-state index in [1.807, 2.05) is 0 Å². The van der Waals surface area contributed by atoms with E-state index < -0.39 is 9.84 Å². The third-order valence-electron chi connectivity index (χ3n) is 3.85. The Morgan fingerprint density at radius 3 is 2.57 bits per heavy atom. The van der Waals surface area contributed by atoms with Crippen molar-refractivity contribution in [1.82, 2.24) is 4.90 Å². The lowest BCUT2D eigenvalue weighted by atomic mass is 10.1. The van der Waals surface area contributed by atoms with E-state index in [2.05, 4.69) is 0 Å². The summed E-state index contributed by atoms with van der Waals surface area (Å²) in [7, 11) is -1.40. The lowest BCUT2D eigenvalue weighted by Gasteiger charge is -2.28. The van der Waals surface area contributed by atoms with Crippen molar-refractivity contribution in [1.29, 1.82) is 0 Å². The summed E-state index contributed by atoms with van der Waals surface area (Å²) in [5, 5.41) is 0. The first-order chi connectivity index (χ1) is 10.00. The molecule has 0 aromatic carbocycles. The Balaban J connectivity index is 2.46. The van der Waals surface area contributed by atoms with Crippen LogP contribution in [0.4, 0.5) is 0 Å². The van der Waals surface area contributed by atoms with Crippen LogP contribution < -0.4 is 5.73 Å². The van der Waals surface area contributed by atoms with E-state index in [1.165, 1.54) is 0 Å². The third kappa shape index (κ3) is 6.76. The minimum absolute atomic E-state index is 0.0434. The molecule has 0 aliphatic carbocycles. The van der Waals surface area contributed by atoms with Crippen LogP contribution in [-0.2, 0) is 19.4 Å². The second-order valence-electron chi connectivity index (χ2n) is 5.59. The Morgan fingerprint density at radius 2 is 2.00 bits per heavy atom. The number of nitrogens with zero attached hydrogens (tertiary/aromatic N) is 1. The fraction of sp³-hybridized carbons (Fsp3) is 0.929. The van der Waals surface area contributed by atoms with Gasteiger partial charge in [-0.3, -0.25) is 4.79 Å². The first kappa shape index (κ1) is 18.4. The molecule has 1 unspecified atom stereocenters. The lowest BCUT2D eigenvalue weighted by Crippen LogP contribution is -2.43. The molecule has 124 valence electrons. The van der Waals surface area contributed by atoms with Gasteiger partial charge in [-0.25, -0.2) is 8.42 Å². The summed E-state index contributed by atoms with van der Waals surface area (Å²) < 4.78 is 28.2. The fourth-order valence-corrected chi connectivity index (χ4v) is 4.37. The average molecular weight is 320 g/mol. The van der Waals surface area contributed by atoms with E-state index >= 15 is 0 Å². The molecule has 1 rings (SSSR count). The molecule has 0 bridgehead atoms. The van der Waals surface area contributed by atoms with Gasteiger partial charge in [0.05, 0.1) is 18.1 Å². The molecule has 0 radical (unpaired) electrons. The molecule has 0 aromatic heterocycles. The zero-order valence-electron chi connectivity index (χ0n) is 12.9. The van der Waals surface area contributed by atoms with E-state index in [9.17, 15) is 13.2 Å². The van der Waals surface area contributed by atoms with Gasteiger partial charge in [0.15, 0.2) is 9.84 Å². The number of methoxy groups -OCH3 is 1. The van der Waals surface area contributed by atoms with Crippen LogP contribution in [0.1, 0.15) is 38.5 Å². The minimum atomic E-state index is -2.98. The number of carbonyl (C=O) groups excluding carboxylic acids is 1. The first-order valence-corrected chi connectivity index (χ1v) is 9.51. The van der Waals surface area contributed by atoms with Gasteiger partial charge >= 0.3 is 0 Å². The molecular weight excluding hydrogens is 292 g/mol. The Bertz CT molecular complexity index is 411. The maximum Gasteiger partial charge on any atom is 0.222 e. The van der Waals surface area contributed by atoms with Crippen molar-refractivity contribution in [2.45, 2.75) is 44.6 Å². The number of sulfone groups is 1. The molecule has 0 aromatic rings. The normalized spacial score (nSPS) is 20.6. The molecule has 0 spiro atoms. The number of ether oxygens (including phenoxy) is 1. The van der Waals surface area contributed by atoms with Crippen molar-refractivity contribution >= 4 is 15.7 Å². The van der Waals surface area contributed by atoms with Gasteiger partial charge in [-0.05, 0) is 25.8 Å². The Hall–Kier alpha value is -0.660. The highest BCUT2D eigenvalue weighted by molar-refractivity contribution is 7.91. The topological polar surface area (TPSA) is 89.7 Å². The van der Waals surface area contributed by atoms with Gasteiger partial charge in [0.25, 0.3) is 0 Å². The summed E-state index contributed by atoms with van der Waals surface area (Å²) in [4.78, 5) is 14.0. The average Bonchev–Trinajstić information content (AvgIpc) is 2.79. The van der Waals surface area contributed by atoms with Crippen LogP contribution in [-0.4, -0.2) is 63.6 Å². The number of unbranched alkanes of at least 4 members (excludes halogenated alkanes) is 3. The van der Waals surface area contributed by atoms with Gasteiger partial charge < -0.3 is 15.4 Å². The molecule has 6 nitrogen and oxygen atoms in total. The van der Waals surface area contributed by atoms with Gasteiger partial charge in [0.1, 0.15) is 0 Å². The summed E-state index contributed by atoms with van der Waals surface area (Å²) in [6.07, 6.45) is 4.88. The highest BCUT2D eigenvalue weighted by atomic mass is 32.2. The van der Waals surface area contributed by atoms with Crippen LogP contribution in [0.3, 0.4) is 0 Å². The van der Waals surface area contributed by atoms with Crippen LogP contribution in [0.25, 0.3) is 0 Å². The molecule has 2 N–H and O–H groups in total. The van der Waals surface area contributed by atoms with Gasteiger partial charge in [-0.1, -0.05) is 12.8 Å². The second-order valence-corrected chi connectivity index (χ2v) is 7.82. The van der Waals surface area contributed by atoms with E-state index in [1.54, 1.807) is 12.0 Å². The summed E-state index contributed by atoms with van der Waals surface area (Å²) in [5.74, 6) is 0.322. The van der Waals surface area contributed by atoms with Crippen molar-refractivity contribution in [3.63, 3.8) is 0 Å². The van der Waals surface area contributed by atoms with Crippen LogP contribution in [0.5, 0.6) is 0 Å². The number of hydrogen-bond donors (Lipinski definition) is 1. The van der Waals surface area contributed by atoms with E-state index in [0.717, 1.165) is 25.7 Å². The predicted octanol–water partition coefficient (Wildman–Crippen LogP) is 0.558. The number of hydrogen-bond acceptors (Lipinski definition) is 5. The summed E-state index contributed by atoms with van der Waals surface area (Å²) in [5.41, 5.74) is 5.44. The standard InChI is InChI=1S/C14H28N2O4S/c1-20-10-9-16(13-7-11-21(18,19)12-13)14(17)6-4-2-3-5-8-15/h13H,2-12,15H2,1H3. The van der Waals surface area contributed by atoms with E-state index in [-0.39, 0.29) is 23.5 Å². The van der Waals surface area contributed by atoms with Gasteiger partial charge in [-0.15, -0.1) is 0 Å². The summed E-state index contributed by atoms with van der Waals surface area (Å²) >= 11 is 0. The number of nitrogens with two attached hydrogens (primary N) is 1. The SMILES string of the molecule is COCCN(C(=O)CCCCCCN)C1CCS(=O)(=O)C1. The molecule has 1 atom stereocenters. The number of rotatable bonds is 10. The van der Waals surface area contributed by atoms with Gasteiger partial charge in [0.2, 0.25) is 5.91 Å². The molecule has 1 fully saturated rings. The van der Waals surface area contributed by atoms with Crippen molar-refractivity contribution in [2.75, 3.05) is 38.3 Å². The molecule has 1 aliphatic heterocycles. The first-order valence-electron chi connectivity index (χ1n) is 7.69. The van der Waals surface area contributed by atoms with Crippen molar-refractivity contribution in [3.8, 4) is 0 Å². The molecule has 1 amide bonds. The Morgan fingerprint density at radius 1 is 1.29 bits per heavy atom. The quantitative estimate of drug-likeness (QED) is 0.594. The monoisotopic (exact) mass is 320 g/mol. The zero-order chi connectivity index (χ0) is 15.7. The Labute approximate surface area is 127 Å². The number of amides is 1. The zero-order valence-corrected chi connectivity index (χ0v) is 13.7. The van der Waals surface area contributed by atoms with Gasteiger partial charge in [0, 0.05) is 26.1 Å². The fourth-order valence-electron chi connectivity index (χ4n) is 2.64. The molecule has 21 heavy (non-hydrogen) atoms. The van der Waals surface area contributed by atoms with E-state index in [0.29, 0.717) is 32.5 Å². The number of carbonyl (C=O) groups is 1. The highest BCUT2D eigenvalue weighted by Gasteiger charge is 2.34. The smallest absolute Gasteiger partial charge is 0.222 e. The van der Waals surface area contributed by atoms with Crippen molar-refractivity contribution < 1.29 is 17.9 Å². The highest BCUT2D eigenvalue weighted by Crippen LogP contribution is 2.19. The van der Waals surface area contributed by atoms with Crippen LogP contribution in [0, 0.1) is 0 Å². The maximum absolute atomic E-state index is 12.3. The summed E-state index contributed by atoms with van der Waals surface area (Å²) in [6, 6.07) is -0.179. The second kappa shape index (κ2) is 9.38. The van der Waals surface area contributed by atoms with Crippen LogP contribution in [0.2, 0.25) is 0 Å². The predicted molar refractivity (Wildman–Crippen MR) is 82.8 cm³/mol. The molecule has 1 aliphatic rings. The molecule has 7 heteroatoms. The minimum Gasteiger partial charge on any atom is -0.383 e. The Kier molecular flexibility index (Phi) is 8.21.